The lowest BCUT2D eigenvalue weighted by Gasteiger charge is -2.46. The summed E-state index contributed by atoms with van der Waals surface area (Å²) in [6.07, 6.45) is 3.01. The molecule has 0 saturated heterocycles. The Balaban J connectivity index is 2.67. The highest BCUT2D eigenvalue weighted by Crippen LogP contribution is 2.50. The van der Waals surface area contributed by atoms with E-state index in [0.29, 0.717) is 12.3 Å². The van der Waals surface area contributed by atoms with Crippen LogP contribution in [0.4, 0.5) is 0 Å². The minimum absolute atomic E-state index is 0.00298. The fourth-order valence-electron chi connectivity index (χ4n) is 3.34. The van der Waals surface area contributed by atoms with Gasteiger partial charge in [-0.1, -0.05) is 63.2 Å². The van der Waals surface area contributed by atoms with Crippen LogP contribution in [-0.4, -0.2) is 11.7 Å². The van der Waals surface area contributed by atoms with Crippen molar-refractivity contribution < 1.29 is 5.11 Å². The zero-order valence-corrected chi connectivity index (χ0v) is 13.7. The van der Waals surface area contributed by atoms with Crippen LogP contribution < -0.4 is 5.73 Å². The van der Waals surface area contributed by atoms with Crippen molar-refractivity contribution in [1.82, 2.24) is 0 Å². The molecule has 0 amide bonds. The quantitative estimate of drug-likeness (QED) is 0.865. The Hall–Kier alpha value is -1.80. The Morgan fingerprint density at radius 3 is 1.95 bits per heavy atom. The highest BCUT2D eigenvalue weighted by atomic mass is 16.3. The van der Waals surface area contributed by atoms with Crippen LogP contribution in [-0.2, 0) is 5.41 Å². The summed E-state index contributed by atoms with van der Waals surface area (Å²) in [5.74, 6) is 0.294. The minimum Gasteiger partial charge on any atom is -0.508 e. The van der Waals surface area contributed by atoms with E-state index in [1.165, 1.54) is 11.1 Å². The van der Waals surface area contributed by atoms with Gasteiger partial charge in [0, 0.05) is 5.41 Å². The standard InChI is InChI=1S/C20H26NO/c1-19(2,3)20(14-7-15-21,16-8-5-4-6-9-16)17-10-12-18(22)13-11-17/h4-13,22H,14-15,21H2,1-3H3. The Morgan fingerprint density at radius 1 is 0.909 bits per heavy atom. The van der Waals surface area contributed by atoms with E-state index in [0.717, 1.165) is 6.42 Å². The predicted molar refractivity (Wildman–Crippen MR) is 92.8 cm³/mol. The first kappa shape index (κ1) is 16.6. The highest BCUT2D eigenvalue weighted by Gasteiger charge is 2.44. The summed E-state index contributed by atoms with van der Waals surface area (Å²) in [5, 5.41) is 9.64. The molecule has 0 fully saturated rings. The van der Waals surface area contributed by atoms with Crippen LogP contribution in [0.2, 0.25) is 0 Å². The minimum atomic E-state index is -0.179. The van der Waals surface area contributed by atoms with Crippen molar-refractivity contribution in [3.63, 3.8) is 0 Å². The van der Waals surface area contributed by atoms with Crippen molar-refractivity contribution in [2.75, 3.05) is 6.54 Å². The Morgan fingerprint density at radius 2 is 1.45 bits per heavy atom. The summed E-state index contributed by atoms with van der Waals surface area (Å²) in [6.45, 7) is 7.34. The molecule has 3 N–H and O–H groups in total. The second-order valence-corrected chi connectivity index (χ2v) is 6.80. The molecule has 2 heteroatoms. The summed E-state index contributed by atoms with van der Waals surface area (Å²) in [5.41, 5.74) is 8.06. The maximum atomic E-state index is 9.64. The third-order valence-electron chi connectivity index (χ3n) is 4.52. The van der Waals surface area contributed by atoms with E-state index in [4.69, 9.17) is 5.73 Å². The van der Waals surface area contributed by atoms with Crippen LogP contribution in [0, 0.1) is 11.8 Å². The van der Waals surface area contributed by atoms with E-state index in [2.05, 4.69) is 51.5 Å². The van der Waals surface area contributed by atoms with Gasteiger partial charge in [-0.05, 0) is 48.1 Å². The zero-order chi connectivity index (χ0) is 16.2. The van der Waals surface area contributed by atoms with Gasteiger partial charge in [0.1, 0.15) is 5.75 Å². The first-order valence-corrected chi connectivity index (χ1v) is 7.78. The lowest BCUT2D eigenvalue weighted by Crippen LogP contribution is -2.42. The van der Waals surface area contributed by atoms with Crippen molar-refractivity contribution in [3.05, 3.63) is 72.1 Å². The Kier molecular flexibility index (Phi) is 4.92. The number of rotatable bonds is 5. The number of aromatic hydroxyl groups is 1. The van der Waals surface area contributed by atoms with Crippen LogP contribution in [0.15, 0.2) is 54.6 Å². The molecule has 1 unspecified atom stereocenters. The molecule has 0 aliphatic heterocycles. The van der Waals surface area contributed by atoms with Gasteiger partial charge in [0.25, 0.3) is 0 Å². The molecule has 0 bridgehead atoms. The molecule has 0 aliphatic carbocycles. The fourth-order valence-corrected chi connectivity index (χ4v) is 3.34. The summed E-state index contributed by atoms with van der Waals surface area (Å²) < 4.78 is 0. The van der Waals surface area contributed by atoms with Crippen LogP contribution in [0.1, 0.15) is 38.3 Å². The molecule has 117 valence electrons. The maximum absolute atomic E-state index is 9.64. The van der Waals surface area contributed by atoms with Crippen LogP contribution >= 0.6 is 0 Å². The van der Waals surface area contributed by atoms with Gasteiger partial charge < -0.3 is 10.8 Å². The first-order chi connectivity index (χ1) is 10.4. The van der Waals surface area contributed by atoms with Gasteiger partial charge in [-0.3, -0.25) is 0 Å². The zero-order valence-electron chi connectivity index (χ0n) is 13.7. The topological polar surface area (TPSA) is 46.2 Å². The number of phenolic OH excluding ortho intramolecular Hbond substituents is 1. The molecule has 2 nitrogen and oxygen atoms in total. The van der Waals surface area contributed by atoms with E-state index in [1.807, 2.05) is 18.2 Å². The summed E-state index contributed by atoms with van der Waals surface area (Å²) in [4.78, 5) is 0. The van der Waals surface area contributed by atoms with E-state index >= 15 is 0 Å². The first-order valence-electron chi connectivity index (χ1n) is 7.78. The second kappa shape index (κ2) is 6.53. The predicted octanol–water partition coefficient (Wildman–Crippen LogP) is 4.28. The number of phenols is 1. The summed E-state index contributed by atoms with van der Waals surface area (Å²) in [6, 6.07) is 18.2. The second-order valence-electron chi connectivity index (χ2n) is 6.80. The Bertz CT molecular complexity index is 583. The van der Waals surface area contributed by atoms with E-state index in [9.17, 15) is 5.11 Å². The van der Waals surface area contributed by atoms with E-state index in [1.54, 1.807) is 12.1 Å². The van der Waals surface area contributed by atoms with Crippen LogP contribution in [0.25, 0.3) is 0 Å². The third kappa shape index (κ3) is 3.02. The summed E-state index contributed by atoms with van der Waals surface area (Å²) >= 11 is 0. The molecule has 2 aromatic rings. The third-order valence-corrected chi connectivity index (χ3v) is 4.52. The molecule has 0 heterocycles. The van der Waals surface area contributed by atoms with Crippen molar-refractivity contribution >= 4 is 0 Å². The molecule has 0 spiro atoms. The van der Waals surface area contributed by atoms with Crippen molar-refractivity contribution in [1.29, 1.82) is 0 Å². The molecular weight excluding hydrogens is 270 g/mol. The van der Waals surface area contributed by atoms with E-state index in [-0.39, 0.29) is 10.8 Å². The molecule has 22 heavy (non-hydrogen) atoms. The summed E-state index contributed by atoms with van der Waals surface area (Å²) in [7, 11) is 0. The van der Waals surface area contributed by atoms with E-state index < -0.39 is 0 Å². The molecular formula is C20H26NO. The number of hydrogen-bond donors (Lipinski definition) is 2. The molecule has 1 atom stereocenters. The SMILES string of the molecule is CC(C)(C)C(C[CH]CN)(c1ccccc1)c1ccc(O)cc1. The largest absolute Gasteiger partial charge is 0.508 e. The average molecular weight is 296 g/mol. The lowest BCUT2D eigenvalue weighted by molar-refractivity contribution is 0.223. The van der Waals surface area contributed by atoms with Gasteiger partial charge in [-0.25, -0.2) is 0 Å². The number of benzene rings is 2. The van der Waals surface area contributed by atoms with Gasteiger partial charge in [0.2, 0.25) is 0 Å². The van der Waals surface area contributed by atoms with Crippen molar-refractivity contribution in [2.24, 2.45) is 11.1 Å². The Labute approximate surface area is 134 Å². The van der Waals surface area contributed by atoms with Crippen molar-refractivity contribution in [2.45, 2.75) is 32.6 Å². The smallest absolute Gasteiger partial charge is 0.115 e. The van der Waals surface area contributed by atoms with Gasteiger partial charge in [0.05, 0.1) is 0 Å². The molecule has 0 aliphatic rings. The fraction of sp³-hybridized carbons (Fsp3) is 0.350. The number of hydrogen-bond acceptors (Lipinski definition) is 2. The number of nitrogens with two attached hydrogens (primary N) is 1. The monoisotopic (exact) mass is 296 g/mol. The normalized spacial score (nSPS) is 14.5. The van der Waals surface area contributed by atoms with Crippen LogP contribution in [0.3, 0.4) is 0 Å². The molecule has 0 saturated carbocycles. The molecule has 0 aromatic heterocycles. The van der Waals surface area contributed by atoms with Gasteiger partial charge in [0.15, 0.2) is 0 Å². The average Bonchev–Trinajstić information content (AvgIpc) is 2.49. The van der Waals surface area contributed by atoms with Crippen molar-refractivity contribution in [3.8, 4) is 5.75 Å². The maximum Gasteiger partial charge on any atom is 0.115 e. The van der Waals surface area contributed by atoms with Gasteiger partial charge >= 0.3 is 0 Å². The molecule has 2 rings (SSSR count). The van der Waals surface area contributed by atoms with Gasteiger partial charge in [-0.2, -0.15) is 0 Å². The van der Waals surface area contributed by atoms with Gasteiger partial charge in [-0.15, -0.1) is 0 Å². The van der Waals surface area contributed by atoms with Crippen LogP contribution in [0.5, 0.6) is 5.75 Å². The highest BCUT2D eigenvalue weighted by molar-refractivity contribution is 5.44. The molecule has 1 radical (unpaired) electrons. The molecule has 2 aromatic carbocycles. The lowest BCUT2D eigenvalue weighted by atomic mass is 9.57.